The third-order valence-electron chi connectivity index (χ3n) is 3.15. The molecule has 1 amide bonds. The molecule has 23 heavy (non-hydrogen) atoms. The van der Waals surface area contributed by atoms with Gasteiger partial charge in [0.25, 0.3) is 17.3 Å². The number of ether oxygens (including phenoxy) is 1. The number of amides is 1. The summed E-state index contributed by atoms with van der Waals surface area (Å²) in [6, 6.07) is 1.50. The Kier molecular flexibility index (Phi) is 4.69. The molecule has 0 N–H and O–H groups in total. The summed E-state index contributed by atoms with van der Waals surface area (Å²) in [7, 11) is 0. The molecule has 120 valence electrons. The van der Waals surface area contributed by atoms with E-state index in [0.717, 1.165) is 6.07 Å². The lowest BCUT2D eigenvalue weighted by atomic mass is 10.1. The average molecular weight is 322 g/mol. The van der Waals surface area contributed by atoms with Gasteiger partial charge in [-0.2, -0.15) is 0 Å². The standard InChI is InChI=1S/C11H10N6O6/c12-14-13-8-5-7(16(19)20)6-9(17(21)22)10(8)11(18)15-1-3-23-4-2-15/h5-6H,1-4H2. The van der Waals surface area contributed by atoms with E-state index in [9.17, 15) is 25.0 Å². The molecule has 0 radical (unpaired) electrons. The maximum absolute atomic E-state index is 12.5. The highest BCUT2D eigenvalue weighted by Gasteiger charge is 2.31. The van der Waals surface area contributed by atoms with E-state index in [2.05, 4.69) is 10.0 Å². The minimum absolute atomic E-state index is 0.211. The first-order valence-electron chi connectivity index (χ1n) is 6.34. The Morgan fingerprint density at radius 2 is 1.91 bits per heavy atom. The number of non-ortho nitro benzene ring substituents is 1. The zero-order valence-electron chi connectivity index (χ0n) is 11.6. The van der Waals surface area contributed by atoms with Crippen LogP contribution in [0, 0.1) is 20.2 Å². The highest BCUT2D eigenvalue weighted by atomic mass is 16.6. The molecule has 0 unspecified atom stereocenters. The first-order chi connectivity index (χ1) is 11.0. The molecule has 0 saturated carbocycles. The second-order valence-electron chi connectivity index (χ2n) is 4.47. The van der Waals surface area contributed by atoms with Crippen LogP contribution in [0.15, 0.2) is 17.2 Å². The fourth-order valence-electron chi connectivity index (χ4n) is 2.12. The van der Waals surface area contributed by atoms with Crippen LogP contribution in [0.25, 0.3) is 10.4 Å². The zero-order valence-corrected chi connectivity index (χ0v) is 11.6. The van der Waals surface area contributed by atoms with Crippen LogP contribution in [-0.4, -0.2) is 47.0 Å². The number of carbonyl (C=O) groups is 1. The van der Waals surface area contributed by atoms with E-state index in [1.54, 1.807) is 0 Å². The molecule has 1 aliphatic rings. The van der Waals surface area contributed by atoms with Gasteiger partial charge >= 0.3 is 0 Å². The van der Waals surface area contributed by atoms with Crippen LogP contribution in [0.3, 0.4) is 0 Å². The fraction of sp³-hybridized carbons (Fsp3) is 0.364. The Bertz CT molecular complexity index is 699. The highest BCUT2D eigenvalue weighted by molar-refractivity contribution is 6.03. The van der Waals surface area contributed by atoms with Gasteiger partial charge in [0.2, 0.25) is 0 Å². The lowest BCUT2D eigenvalue weighted by molar-refractivity contribution is -0.394. The smallest absolute Gasteiger partial charge is 0.289 e. The van der Waals surface area contributed by atoms with Crippen molar-refractivity contribution in [1.29, 1.82) is 0 Å². The number of rotatable bonds is 4. The molecule has 1 fully saturated rings. The predicted octanol–water partition coefficient (Wildman–Crippen LogP) is 1.92. The SMILES string of the molecule is [N-]=[N+]=Nc1cc([N+](=O)[O-])cc([N+](=O)[O-])c1C(=O)N1CCOCC1. The maximum Gasteiger partial charge on any atom is 0.289 e. The summed E-state index contributed by atoms with van der Waals surface area (Å²) in [5, 5.41) is 25.2. The van der Waals surface area contributed by atoms with Crippen molar-refractivity contribution >= 4 is 23.0 Å². The molecule has 12 nitrogen and oxygen atoms in total. The maximum atomic E-state index is 12.5. The largest absolute Gasteiger partial charge is 0.378 e. The van der Waals surface area contributed by atoms with Crippen LogP contribution in [0.2, 0.25) is 0 Å². The van der Waals surface area contributed by atoms with Crippen LogP contribution in [0.5, 0.6) is 0 Å². The molecule has 0 aromatic heterocycles. The van der Waals surface area contributed by atoms with Gasteiger partial charge in [0, 0.05) is 24.1 Å². The quantitative estimate of drug-likeness (QED) is 0.270. The van der Waals surface area contributed by atoms with Crippen LogP contribution in [0.1, 0.15) is 10.4 Å². The molecule has 0 aliphatic carbocycles. The normalized spacial score (nSPS) is 14.0. The van der Waals surface area contributed by atoms with Gasteiger partial charge in [-0.25, -0.2) is 0 Å². The topological polar surface area (TPSA) is 165 Å². The summed E-state index contributed by atoms with van der Waals surface area (Å²) < 4.78 is 5.09. The van der Waals surface area contributed by atoms with E-state index in [0.29, 0.717) is 6.07 Å². The van der Waals surface area contributed by atoms with Crippen molar-refractivity contribution in [2.45, 2.75) is 0 Å². The number of azide groups is 1. The van der Waals surface area contributed by atoms with Gasteiger partial charge in [0.05, 0.1) is 34.8 Å². The molecule has 0 spiro atoms. The number of nitrogens with zero attached hydrogens (tertiary/aromatic N) is 6. The van der Waals surface area contributed by atoms with Crippen LogP contribution < -0.4 is 0 Å². The first-order valence-corrected chi connectivity index (χ1v) is 6.34. The summed E-state index contributed by atoms with van der Waals surface area (Å²) in [6.07, 6.45) is 0. The van der Waals surface area contributed by atoms with E-state index in [1.807, 2.05) is 0 Å². The first kappa shape index (κ1) is 16.1. The molecular formula is C11H10N6O6. The zero-order chi connectivity index (χ0) is 17.0. The van der Waals surface area contributed by atoms with Gasteiger partial charge in [-0.05, 0) is 5.53 Å². The second kappa shape index (κ2) is 6.68. The van der Waals surface area contributed by atoms with Gasteiger partial charge in [-0.3, -0.25) is 25.0 Å². The second-order valence-corrected chi connectivity index (χ2v) is 4.47. The Hall–Kier alpha value is -3.24. The molecular weight excluding hydrogens is 312 g/mol. The molecule has 12 heteroatoms. The monoisotopic (exact) mass is 322 g/mol. The average Bonchev–Trinajstić information content (AvgIpc) is 2.54. The number of nitro groups is 2. The van der Waals surface area contributed by atoms with Crippen molar-refractivity contribution in [3.8, 4) is 0 Å². The van der Waals surface area contributed by atoms with Crippen molar-refractivity contribution < 1.29 is 19.4 Å². The Balaban J connectivity index is 2.63. The Morgan fingerprint density at radius 1 is 1.26 bits per heavy atom. The molecule has 1 aromatic carbocycles. The summed E-state index contributed by atoms with van der Waals surface area (Å²) in [5.41, 5.74) is 6.22. The third-order valence-corrected chi connectivity index (χ3v) is 3.15. The molecule has 0 bridgehead atoms. The van der Waals surface area contributed by atoms with E-state index in [1.165, 1.54) is 4.90 Å². The lowest BCUT2D eigenvalue weighted by Gasteiger charge is -2.27. The number of hydrogen-bond donors (Lipinski definition) is 0. The predicted molar refractivity (Wildman–Crippen MR) is 75.3 cm³/mol. The number of hydrogen-bond acceptors (Lipinski definition) is 7. The summed E-state index contributed by atoms with van der Waals surface area (Å²) in [6.45, 7) is 0.956. The molecule has 2 rings (SSSR count). The van der Waals surface area contributed by atoms with Gasteiger partial charge in [-0.1, -0.05) is 5.11 Å². The molecule has 1 aromatic rings. The van der Waals surface area contributed by atoms with Crippen molar-refractivity contribution in [1.82, 2.24) is 4.90 Å². The Morgan fingerprint density at radius 3 is 2.43 bits per heavy atom. The van der Waals surface area contributed by atoms with Crippen LogP contribution in [-0.2, 0) is 4.74 Å². The number of morpholine rings is 1. The molecule has 0 atom stereocenters. The highest BCUT2D eigenvalue weighted by Crippen LogP contribution is 2.35. The Labute approximate surface area is 128 Å². The lowest BCUT2D eigenvalue weighted by Crippen LogP contribution is -2.40. The summed E-state index contributed by atoms with van der Waals surface area (Å²) in [5.74, 6) is -0.739. The third kappa shape index (κ3) is 3.33. The van der Waals surface area contributed by atoms with Crippen LogP contribution >= 0.6 is 0 Å². The molecule has 1 saturated heterocycles. The van der Waals surface area contributed by atoms with Gasteiger partial charge in [0.15, 0.2) is 0 Å². The van der Waals surface area contributed by atoms with Gasteiger partial charge in [0.1, 0.15) is 5.56 Å². The number of carbonyl (C=O) groups excluding carboxylic acids is 1. The fourth-order valence-corrected chi connectivity index (χ4v) is 2.12. The molecule has 1 heterocycles. The van der Waals surface area contributed by atoms with Crippen molar-refractivity contribution in [3.05, 3.63) is 48.4 Å². The van der Waals surface area contributed by atoms with Gasteiger partial charge in [-0.15, -0.1) is 0 Å². The minimum Gasteiger partial charge on any atom is -0.378 e. The molecule has 1 aliphatic heterocycles. The van der Waals surface area contributed by atoms with E-state index in [-0.39, 0.29) is 26.3 Å². The van der Waals surface area contributed by atoms with Crippen molar-refractivity contribution in [3.63, 3.8) is 0 Å². The number of nitro benzene ring substituents is 2. The minimum atomic E-state index is -0.920. The summed E-state index contributed by atoms with van der Waals surface area (Å²) >= 11 is 0. The number of benzene rings is 1. The van der Waals surface area contributed by atoms with Crippen LogP contribution in [0.4, 0.5) is 17.1 Å². The summed E-state index contributed by atoms with van der Waals surface area (Å²) in [4.78, 5) is 36.5. The van der Waals surface area contributed by atoms with Crippen molar-refractivity contribution in [2.75, 3.05) is 26.3 Å². The van der Waals surface area contributed by atoms with E-state index < -0.39 is 38.4 Å². The van der Waals surface area contributed by atoms with E-state index in [4.69, 9.17) is 10.3 Å². The van der Waals surface area contributed by atoms with Gasteiger partial charge < -0.3 is 9.64 Å². The van der Waals surface area contributed by atoms with E-state index >= 15 is 0 Å². The van der Waals surface area contributed by atoms with Crippen molar-refractivity contribution in [2.24, 2.45) is 5.11 Å².